The van der Waals surface area contributed by atoms with E-state index < -0.39 is 101 Å². The van der Waals surface area contributed by atoms with Crippen LogP contribution in [0, 0.1) is 5.41 Å². The summed E-state index contributed by atoms with van der Waals surface area (Å²) in [5, 5.41) is 33.8. The SMILES string of the molecule is CC1=C(O)OC(C)(COCC2(C)C(C)(COS(=O)(=O)[O-])OC(C)(C)C(C)(NS(=O)(=O)[O-])C2(C)O)C(C)(OS(=O)(=O)[O-])C1(C)O. The maximum absolute atomic E-state index is 12.1. The van der Waals surface area contributed by atoms with Gasteiger partial charge in [0, 0.05) is 5.57 Å². The highest BCUT2D eigenvalue weighted by molar-refractivity contribution is 7.83. The fourth-order valence-electron chi connectivity index (χ4n) is 6.03. The number of ether oxygens (including phenoxy) is 3. The van der Waals surface area contributed by atoms with E-state index in [0.29, 0.717) is 0 Å². The number of nitrogens with one attached hydrogen (secondary N) is 1. The van der Waals surface area contributed by atoms with E-state index in [-0.39, 0.29) is 5.57 Å². The van der Waals surface area contributed by atoms with Crippen molar-refractivity contribution >= 4 is 31.1 Å². The molecule has 4 N–H and O–H groups in total. The molecule has 2 heterocycles. The van der Waals surface area contributed by atoms with Gasteiger partial charge in [0.15, 0.2) is 21.5 Å². The third kappa shape index (κ3) is 6.36. The number of rotatable bonds is 11. The molecule has 260 valence electrons. The fourth-order valence-corrected chi connectivity index (χ4v) is 8.09. The molecule has 7 atom stereocenters. The van der Waals surface area contributed by atoms with Crippen LogP contribution in [-0.4, -0.2) is 113 Å². The lowest BCUT2D eigenvalue weighted by Gasteiger charge is -2.69. The predicted octanol–water partition coefficient (Wildman–Crippen LogP) is -0.822. The smallest absolute Gasteiger partial charge is 0.279 e. The summed E-state index contributed by atoms with van der Waals surface area (Å²) in [6, 6.07) is 0. The van der Waals surface area contributed by atoms with Crippen LogP contribution in [0.25, 0.3) is 0 Å². The van der Waals surface area contributed by atoms with Crippen LogP contribution >= 0.6 is 0 Å². The van der Waals surface area contributed by atoms with Crippen molar-refractivity contribution in [3.05, 3.63) is 11.5 Å². The van der Waals surface area contributed by atoms with Gasteiger partial charge in [0.05, 0.1) is 42.0 Å². The van der Waals surface area contributed by atoms with Gasteiger partial charge in [0.1, 0.15) is 11.2 Å². The molecular formula is C23H40NO17S3-3. The van der Waals surface area contributed by atoms with Crippen molar-refractivity contribution in [3.63, 3.8) is 0 Å². The number of hydrogen-bond donors (Lipinski definition) is 4. The van der Waals surface area contributed by atoms with Crippen LogP contribution in [0.3, 0.4) is 0 Å². The van der Waals surface area contributed by atoms with Crippen LogP contribution in [0.5, 0.6) is 0 Å². The molecule has 21 heteroatoms. The molecule has 0 radical (unpaired) electrons. The Morgan fingerprint density at radius 2 is 1.30 bits per heavy atom. The third-order valence-corrected chi connectivity index (χ3v) is 11.7. The van der Waals surface area contributed by atoms with Gasteiger partial charge in [-0.15, -0.1) is 0 Å². The first kappa shape index (κ1) is 39.0. The van der Waals surface area contributed by atoms with Crippen molar-refractivity contribution in [3.8, 4) is 0 Å². The zero-order valence-electron chi connectivity index (χ0n) is 25.9. The summed E-state index contributed by atoms with van der Waals surface area (Å²) in [7, 11) is -16.2. The van der Waals surface area contributed by atoms with E-state index in [1.807, 2.05) is 4.72 Å². The molecule has 0 bridgehead atoms. The maximum Gasteiger partial charge on any atom is 0.279 e. The van der Waals surface area contributed by atoms with Gasteiger partial charge in [0.2, 0.25) is 20.8 Å². The minimum Gasteiger partial charge on any atom is -0.735 e. The second-order valence-corrected chi connectivity index (χ2v) is 16.1. The Hall–Kier alpha value is -1.21. The maximum atomic E-state index is 12.1. The van der Waals surface area contributed by atoms with E-state index in [1.165, 1.54) is 34.6 Å². The number of aliphatic hydroxyl groups is 3. The molecule has 0 aromatic carbocycles. The predicted molar refractivity (Wildman–Crippen MR) is 145 cm³/mol. The molecule has 44 heavy (non-hydrogen) atoms. The van der Waals surface area contributed by atoms with Crippen molar-refractivity contribution in [1.29, 1.82) is 0 Å². The van der Waals surface area contributed by atoms with E-state index >= 15 is 0 Å². The second-order valence-electron chi connectivity index (χ2n) is 13.0. The molecule has 0 spiro atoms. The van der Waals surface area contributed by atoms with Gasteiger partial charge < -0.3 is 43.2 Å². The summed E-state index contributed by atoms with van der Waals surface area (Å²) in [6.07, 6.45) is 0. The van der Waals surface area contributed by atoms with Gasteiger partial charge in [-0.25, -0.2) is 30.0 Å². The van der Waals surface area contributed by atoms with Crippen LogP contribution in [0.1, 0.15) is 69.2 Å². The average Bonchev–Trinajstić information content (AvgIpc) is 2.77. The van der Waals surface area contributed by atoms with E-state index in [9.17, 15) is 54.2 Å². The Labute approximate surface area is 257 Å². The normalized spacial score (nSPS) is 41.8. The average molecular weight is 699 g/mol. The lowest BCUT2D eigenvalue weighted by Crippen LogP contribution is -2.85. The van der Waals surface area contributed by atoms with Gasteiger partial charge in [0.25, 0.3) is 5.95 Å². The fraction of sp³-hybridized carbons (Fsp3) is 0.913. The standard InChI is InChI=1S/C23H43NO17S3/c1-14-15(25)39-19(6,23(10,20(14,7)26)41-44(34,35)36)12-37-11-17(4)18(5,13-38-43(31,32)33)40-16(2,3)21(8,22(17,9)27)24-42(28,29)30/h24-27H,11-13H2,1-10H3,(H,28,29,30)(H,31,32,33)(H,34,35,36)/p-3. The van der Waals surface area contributed by atoms with E-state index in [2.05, 4.69) is 4.18 Å². The highest BCUT2D eigenvalue weighted by Crippen LogP contribution is 2.59. The largest absolute Gasteiger partial charge is 0.735 e. The Bertz CT molecular complexity index is 1510. The van der Waals surface area contributed by atoms with Crippen LogP contribution in [-0.2, 0) is 53.7 Å². The van der Waals surface area contributed by atoms with Gasteiger partial charge in [-0.05, 0) is 62.3 Å². The monoisotopic (exact) mass is 698 g/mol. The van der Waals surface area contributed by atoms with Gasteiger partial charge in [-0.1, -0.05) is 6.92 Å². The van der Waals surface area contributed by atoms with Crippen LogP contribution in [0.2, 0.25) is 0 Å². The van der Waals surface area contributed by atoms with Crippen molar-refractivity contribution in [2.75, 3.05) is 19.8 Å². The molecule has 7 unspecified atom stereocenters. The van der Waals surface area contributed by atoms with Crippen molar-refractivity contribution < 1.29 is 76.8 Å². The molecule has 0 amide bonds. The second kappa shape index (κ2) is 10.9. The van der Waals surface area contributed by atoms with Crippen LogP contribution in [0.15, 0.2) is 11.5 Å². The number of aliphatic hydroxyl groups excluding tert-OH is 1. The highest BCUT2D eigenvalue weighted by Gasteiger charge is 2.74. The quantitative estimate of drug-likeness (QED) is 0.151. The lowest BCUT2D eigenvalue weighted by molar-refractivity contribution is -0.352. The summed E-state index contributed by atoms with van der Waals surface area (Å²) in [6.45, 7) is 8.97. The Morgan fingerprint density at radius 1 is 0.795 bits per heavy atom. The summed E-state index contributed by atoms with van der Waals surface area (Å²) in [4.78, 5) is 0. The molecule has 0 saturated carbocycles. The molecule has 2 rings (SSSR count). The number of hydrogen-bond acceptors (Lipinski definition) is 17. The first-order chi connectivity index (χ1) is 19.1. The summed E-state index contributed by atoms with van der Waals surface area (Å²) in [5.41, 5.74) is -17.8. The summed E-state index contributed by atoms with van der Waals surface area (Å²) >= 11 is 0. The molecule has 0 aromatic heterocycles. The zero-order chi connectivity index (χ0) is 35.0. The van der Waals surface area contributed by atoms with E-state index in [0.717, 1.165) is 34.6 Å². The molecule has 18 nitrogen and oxygen atoms in total. The molecular weight excluding hydrogens is 658 g/mol. The van der Waals surface area contributed by atoms with Crippen LogP contribution in [0.4, 0.5) is 0 Å². The van der Waals surface area contributed by atoms with Crippen molar-refractivity contribution in [1.82, 2.24) is 4.72 Å². The van der Waals surface area contributed by atoms with Crippen LogP contribution < -0.4 is 4.72 Å². The Kier molecular flexibility index (Phi) is 9.67. The molecule has 2 aliphatic rings. The molecule has 1 saturated heterocycles. The Morgan fingerprint density at radius 3 is 1.73 bits per heavy atom. The summed E-state index contributed by atoms with van der Waals surface area (Å²) < 4.78 is 134. The first-order valence-corrected chi connectivity index (χ1v) is 17.0. The summed E-state index contributed by atoms with van der Waals surface area (Å²) in [5.74, 6) is -0.859. The highest BCUT2D eigenvalue weighted by atomic mass is 32.3. The third-order valence-electron chi connectivity index (χ3n) is 10.1. The molecule has 2 aliphatic heterocycles. The van der Waals surface area contributed by atoms with E-state index in [1.54, 1.807) is 0 Å². The minimum atomic E-state index is -5.53. The van der Waals surface area contributed by atoms with Gasteiger partial charge in [-0.3, -0.25) is 8.37 Å². The van der Waals surface area contributed by atoms with Gasteiger partial charge in [-0.2, -0.15) is 0 Å². The zero-order valence-corrected chi connectivity index (χ0v) is 28.4. The molecule has 1 fully saturated rings. The minimum absolute atomic E-state index is 0.303. The topological polar surface area (TPSA) is 290 Å². The van der Waals surface area contributed by atoms with Crippen molar-refractivity contribution in [2.24, 2.45) is 5.41 Å². The van der Waals surface area contributed by atoms with Crippen molar-refractivity contribution in [2.45, 2.75) is 108 Å². The molecule has 0 aliphatic carbocycles. The Balaban J connectivity index is 2.70. The van der Waals surface area contributed by atoms with Gasteiger partial charge >= 0.3 is 0 Å². The molecule has 0 aromatic rings. The van der Waals surface area contributed by atoms with E-state index in [4.69, 9.17) is 18.4 Å². The lowest BCUT2D eigenvalue weighted by atomic mass is 9.52. The first-order valence-electron chi connectivity index (χ1n) is 12.9.